The molecule has 0 unspecified atom stereocenters. The molecule has 1 aliphatic rings. The first-order valence-electron chi connectivity index (χ1n) is 9.87. The second kappa shape index (κ2) is 9.83. The van der Waals surface area contributed by atoms with Crippen molar-refractivity contribution >= 4 is 41.8 Å². The van der Waals surface area contributed by atoms with E-state index in [4.69, 9.17) is 21.7 Å². The van der Waals surface area contributed by atoms with Gasteiger partial charge in [-0.25, -0.2) is 0 Å². The third kappa shape index (κ3) is 5.26. The summed E-state index contributed by atoms with van der Waals surface area (Å²) in [5.74, 6) is 4.84. The van der Waals surface area contributed by atoms with Crippen LogP contribution in [0.5, 0.6) is 5.75 Å². The molecule has 162 valence electrons. The summed E-state index contributed by atoms with van der Waals surface area (Å²) in [4.78, 5) is 0. The number of hydrazine groups is 1. The van der Waals surface area contributed by atoms with Gasteiger partial charge >= 0.3 is 0 Å². The topological polar surface area (TPSA) is 71.6 Å². The van der Waals surface area contributed by atoms with Gasteiger partial charge in [0.2, 0.25) is 7.29 Å². The molecule has 3 aromatic carbocycles. The Morgan fingerprint density at radius 1 is 0.844 bits per heavy atom. The minimum atomic E-state index is -3.20. The van der Waals surface area contributed by atoms with Gasteiger partial charge in [-0.2, -0.15) is 5.20 Å². The van der Waals surface area contributed by atoms with Crippen LogP contribution in [0.3, 0.4) is 0 Å². The Balaban J connectivity index is 1.57. The van der Waals surface area contributed by atoms with Gasteiger partial charge in [-0.3, -0.25) is 9.99 Å². The Kier molecular flexibility index (Phi) is 6.71. The van der Waals surface area contributed by atoms with E-state index in [1.54, 1.807) is 18.7 Å². The average Bonchev–Trinajstić information content (AvgIpc) is 2.84. The number of ether oxygens (including phenoxy) is 2. The van der Waals surface area contributed by atoms with E-state index in [-0.39, 0.29) is 5.11 Å². The largest absolute Gasteiger partial charge is 0.495 e. The van der Waals surface area contributed by atoms with Gasteiger partial charge in [0.15, 0.2) is 5.11 Å². The van der Waals surface area contributed by atoms with Crippen molar-refractivity contribution in [3.63, 3.8) is 0 Å². The van der Waals surface area contributed by atoms with Gasteiger partial charge in [0.25, 0.3) is 0 Å². The Bertz CT molecular complexity index is 1150. The molecule has 0 saturated heterocycles. The first-order chi connectivity index (χ1) is 15.6. The van der Waals surface area contributed by atoms with Crippen molar-refractivity contribution in [2.75, 3.05) is 12.4 Å². The van der Waals surface area contributed by atoms with Gasteiger partial charge in [0.1, 0.15) is 17.3 Å². The van der Waals surface area contributed by atoms with Gasteiger partial charge in [0.05, 0.1) is 12.8 Å². The zero-order valence-electron chi connectivity index (χ0n) is 17.3. The SMILES string of the molecule is COc1ccccc1NC(=S)NNP1(=O)C=C(c2ccccc2)OC(c2ccccc2)=C1. The molecule has 32 heavy (non-hydrogen) atoms. The highest BCUT2D eigenvalue weighted by molar-refractivity contribution is 7.80. The lowest BCUT2D eigenvalue weighted by molar-refractivity contribution is 0.417. The van der Waals surface area contributed by atoms with Crippen LogP contribution in [0.15, 0.2) is 96.6 Å². The predicted octanol–water partition coefficient (Wildman–Crippen LogP) is 5.79. The van der Waals surface area contributed by atoms with Crippen LogP contribution in [0.1, 0.15) is 11.1 Å². The number of rotatable bonds is 6. The van der Waals surface area contributed by atoms with Crippen molar-refractivity contribution in [1.29, 1.82) is 0 Å². The molecule has 8 heteroatoms. The van der Waals surface area contributed by atoms with Crippen LogP contribution in [0.4, 0.5) is 5.69 Å². The Hall–Kier alpha value is -3.38. The lowest BCUT2D eigenvalue weighted by Gasteiger charge is -2.24. The lowest BCUT2D eigenvalue weighted by atomic mass is 10.2. The molecule has 0 aliphatic carbocycles. The Morgan fingerprint density at radius 2 is 1.38 bits per heavy atom. The van der Waals surface area contributed by atoms with Gasteiger partial charge in [0, 0.05) is 22.8 Å². The number of benzene rings is 3. The van der Waals surface area contributed by atoms with Crippen LogP contribution in [0.2, 0.25) is 0 Å². The molecule has 0 fully saturated rings. The van der Waals surface area contributed by atoms with Crippen molar-refractivity contribution in [3.8, 4) is 5.75 Å². The predicted molar refractivity (Wildman–Crippen MR) is 133 cm³/mol. The van der Waals surface area contributed by atoms with E-state index >= 15 is 0 Å². The molecule has 3 N–H and O–H groups in total. The second-order valence-corrected chi connectivity index (χ2v) is 9.49. The number of hydrogen-bond donors (Lipinski definition) is 3. The maximum Gasteiger partial charge on any atom is 0.215 e. The van der Waals surface area contributed by atoms with Crippen LogP contribution < -0.4 is 20.7 Å². The van der Waals surface area contributed by atoms with E-state index in [1.165, 1.54) is 0 Å². The standard InChI is InChI=1S/C24H22N3O3PS/c1-29-21-15-9-8-14-20(21)25-24(32)26-27-31(28)16-22(18-10-4-2-5-11-18)30-23(17-31)19-12-6-3-7-13-19/h2-17H,1H3,(H,27,28)(H2,25,26,32). The Morgan fingerprint density at radius 3 is 1.94 bits per heavy atom. The number of anilines is 1. The zero-order chi connectivity index (χ0) is 22.4. The van der Waals surface area contributed by atoms with Crippen molar-refractivity contribution in [2.24, 2.45) is 0 Å². The molecule has 0 bridgehead atoms. The number of methoxy groups -OCH3 is 1. The van der Waals surface area contributed by atoms with Crippen LogP contribution in [-0.4, -0.2) is 12.2 Å². The molecule has 0 aromatic heterocycles. The molecule has 0 amide bonds. The van der Waals surface area contributed by atoms with Crippen molar-refractivity contribution < 1.29 is 14.0 Å². The van der Waals surface area contributed by atoms with Crippen LogP contribution in [0.25, 0.3) is 11.5 Å². The van der Waals surface area contributed by atoms with E-state index in [1.807, 2.05) is 84.9 Å². The number of thiocarbonyl (C=S) groups is 1. The highest BCUT2D eigenvalue weighted by Crippen LogP contribution is 2.52. The maximum atomic E-state index is 13.8. The maximum absolute atomic E-state index is 13.8. The summed E-state index contributed by atoms with van der Waals surface area (Å²) in [5.41, 5.74) is 5.19. The highest BCUT2D eigenvalue weighted by atomic mass is 32.1. The fraction of sp³-hybridized carbons (Fsp3) is 0.0417. The minimum Gasteiger partial charge on any atom is -0.495 e. The number of para-hydroxylation sites is 2. The average molecular weight is 463 g/mol. The molecule has 1 heterocycles. The summed E-state index contributed by atoms with van der Waals surface area (Å²) in [5, 5.41) is 6.18. The summed E-state index contributed by atoms with van der Waals surface area (Å²) >= 11 is 5.37. The molecular formula is C24H22N3O3PS. The molecule has 0 spiro atoms. The lowest BCUT2D eigenvalue weighted by Crippen LogP contribution is -2.37. The van der Waals surface area contributed by atoms with Gasteiger partial charge in [-0.15, -0.1) is 0 Å². The fourth-order valence-corrected chi connectivity index (χ4v) is 4.96. The summed E-state index contributed by atoms with van der Waals surface area (Å²) in [7, 11) is -1.62. The van der Waals surface area contributed by atoms with E-state index in [0.29, 0.717) is 23.0 Å². The van der Waals surface area contributed by atoms with E-state index in [0.717, 1.165) is 11.1 Å². The normalized spacial score (nSPS) is 14.4. The number of nitrogens with one attached hydrogen (secondary N) is 3. The smallest absolute Gasteiger partial charge is 0.215 e. The summed E-state index contributed by atoms with van der Waals surface area (Å²) in [6.45, 7) is 0. The Labute approximate surface area is 192 Å². The van der Waals surface area contributed by atoms with Crippen molar-refractivity contribution in [2.45, 2.75) is 0 Å². The first kappa shape index (κ1) is 21.8. The third-order valence-corrected chi connectivity index (χ3v) is 6.56. The highest BCUT2D eigenvalue weighted by Gasteiger charge is 2.27. The number of hydrogen-bond acceptors (Lipinski definition) is 4. The first-order valence-corrected chi connectivity index (χ1v) is 12.1. The molecule has 1 aliphatic heterocycles. The summed E-state index contributed by atoms with van der Waals surface area (Å²) in [6, 6.07) is 26.5. The third-order valence-electron chi connectivity index (χ3n) is 4.65. The van der Waals surface area contributed by atoms with E-state index < -0.39 is 7.29 Å². The fourth-order valence-electron chi connectivity index (χ4n) is 3.13. The molecule has 3 aromatic rings. The van der Waals surface area contributed by atoms with Crippen molar-refractivity contribution in [3.05, 3.63) is 108 Å². The molecule has 0 saturated carbocycles. The van der Waals surface area contributed by atoms with Crippen molar-refractivity contribution in [1.82, 2.24) is 10.6 Å². The monoisotopic (exact) mass is 463 g/mol. The van der Waals surface area contributed by atoms with Gasteiger partial charge in [-0.05, 0) is 24.4 Å². The molecular weight excluding hydrogens is 441 g/mol. The van der Waals surface area contributed by atoms with Crippen LogP contribution >= 0.6 is 19.5 Å². The summed E-state index contributed by atoms with van der Waals surface area (Å²) in [6.07, 6.45) is 0. The molecule has 6 nitrogen and oxygen atoms in total. The van der Waals surface area contributed by atoms with Crippen LogP contribution in [-0.2, 0) is 9.30 Å². The molecule has 0 radical (unpaired) electrons. The van der Waals surface area contributed by atoms with E-state index in [2.05, 4.69) is 15.9 Å². The molecule has 0 atom stereocenters. The zero-order valence-corrected chi connectivity index (χ0v) is 19.0. The quantitative estimate of drug-likeness (QED) is 0.243. The van der Waals surface area contributed by atoms with Gasteiger partial charge in [-0.1, -0.05) is 72.8 Å². The summed E-state index contributed by atoms with van der Waals surface area (Å²) < 4.78 is 25.2. The minimum absolute atomic E-state index is 0.250. The molecule has 4 rings (SSSR count). The van der Waals surface area contributed by atoms with Crippen LogP contribution in [0, 0.1) is 0 Å². The van der Waals surface area contributed by atoms with E-state index in [9.17, 15) is 4.57 Å². The van der Waals surface area contributed by atoms with Gasteiger partial charge < -0.3 is 14.8 Å². The second-order valence-electron chi connectivity index (χ2n) is 6.92.